The molecule has 1 saturated carbocycles. The predicted molar refractivity (Wildman–Crippen MR) is 52.2 cm³/mol. The lowest BCUT2D eigenvalue weighted by Crippen LogP contribution is -2.20. The minimum Gasteiger partial charge on any atom is -0.298 e. The number of allylic oxidation sites excluding steroid dienone is 2. The fraction of sp³-hybridized carbons (Fsp3) is 0.700. The van der Waals surface area contributed by atoms with Crippen molar-refractivity contribution in [2.24, 2.45) is 17.8 Å². The van der Waals surface area contributed by atoms with Gasteiger partial charge in [-0.05, 0) is 30.9 Å². The first-order chi connectivity index (χ1) is 5.81. The van der Waals surface area contributed by atoms with Crippen LogP contribution < -0.4 is 0 Å². The Labute approximate surface area is 77.6 Å². The lowest BCUT2D eigenvalue weighted by atomic mass is 9.90. The molecule has 0 aliphatic heterocycles. The normalized spacial score (nSPS) is 37.6. The van der Waals surface area contributed by atoms with E-state index >= 15 is 0 Å². The fourth-order valence-electron chi connectivity index (χ4n) is 2.40. The van der Waals surface area contributed by atoms with Crippen molar-refractivity contribution in [3.05, 3.63) is 12.2 Å². The van der Waals surface area contributed by atoms with Gasteiger partial charge in [0, 0.05) is 5.92 Å². The van der Waals surface area contributed by atoms with Gasteiger partial charge in [0.25, 0.3) is 0 Å². The SMILES string of the molecule is CSCC(=O)C1CC2C=CC1C2. The summed E-state index contributed by atoms with van der Waals surface area (Å²) in [6.45, 7) is 0. The maximum absolute atomic E-state index is 11.6. The topological polar surface area (TPSA) is 17.1 Å². The zero-order valence-electron chi connectivity index (χ0n) is 7.32. The van der Waals surface area contributed by atoms with Crippen LogP contribution in [0.1, 0.15) is 12.8 Å². The number of thioether (sulfide) groups is 1. The lowest BCUT2D eigenvalue weighted by molar-refractivity contribution is -0.120. The molecule has 0 aromatic heterocycles. The van der Waals surface area contributed by atoms with Crippen molar-refractivity contribution >= 4 is 17.5 Å². The van der Waals surface area contributed by atoms with Gasteiger partial charge in [-0.3, -0.25) is 4.79 Å². The highest BCUT2D eigenvalue weighted by Crippen LogP contribution is 2.43. The van der Waals surface area contributed by atoms with Gasteiger partial charge < -0.3 is 0 Å². The van der Waals surface area contributed by atoms with Gasteiger partial charge in [-0.1, -0.05) is 12.2 Å². The first-order valence-corrected chi connectivity index (χ1v) is 5.90. The maximum atomic E-state index is 11.6. The Kier molecular flexibility index (Phi) is 2.26. The van der Waals surface area contributed by atoms with Gasteiger partial charge in [-0.25, -0.2) is 0 Å². The average molecular weight is 182 g/mol. The Balaban J connectivity index is 1.98. The summed E-state index contributed by atoms with van der Waals surface area (Å²) in [7, 11) is 0. The summed E-state index contributed by atoms with van der Waals surface area (Å²) in [6.07, 6.45) is 8.90. The van der Waals surface area contributed by atoms with E-state index in [0.29, 0.717) is 23.4 Å². The Morgan fingerprint density at radius 3 is 2.83 bits per heavy atom. The number of rotatable bonds is 3. The van der Waals surface area contributed by atoms with Crippen LogP contribution in [-0.2, 0) is 4.79 Å². The van der Waals surface area contributed by atoms with Crippen LogP contribution in [0.3, 0.4) is 0 Å². The minimum atomic E-state index is 0.368. The smallest absolute Gasteiger partial charge is 0.146 e. The largest absolute Gasteiger partial charge is 0.298 e. The number of Topliss-reactive ketones (excluding diaryl/α,β-unsaturated/α-hetero) is 1. The van der Waals surface area contributed by atoms with E-state index < -0.39 is 0 Å². The standard InChI is InChI=1S/C10H14OS/c1-12-6-10(11)9-5-7-2-3-8(9)4-7/h2-3,7-9H,4-6H2,1H3. The molecule has 3 atom stereocenters. The summed E-state index contributed by atoms with van der Waals surface area (Å²) in [5.41, 5.74) is 0. The quantitative estimate of drug-likeness (QED) is 0.622. The molecule has 2 heteroatoms. The molecule has 0 radical (unpaired) electrons. The van der Waals surface area contributed by atoms with Gasteiger partial charge in [0.05, 0.1) is 5.75 Å². The van der Waals surface area contributed by atoms with E-state index in [2.05, 4.69) is 12.2 Å². The summed E-state index contributed by atoms with van der Waals surface area (Å²) >= 11 is 1.65. The highest BCUT2D eigenvalue weighted by atomic mass is 32.2. The summed E-state index contributed by atoms with van der Waals surface area (Å²) < 4.78 is 0. The number of ketones is 1. The van der Waals surface area contributed by atoms with Crippen LogP contribution in [0.25, 0.3) is 0 Å². The van der Waals surface area contributed by atoms with Gasteiger partial charge in [-0.15, -0.1) is 0 Å². The molecule has 0 saturated heterocycles. The van der Waals surface area contributed by atoms with Crippen molar-refractivity contribution in [1.82, 2.24) is 0 Å². The van der Waals surface area contributed by atoms with E-state index in [0.717, 1.165) is 12.3 Å². The molecule has 0 aromatic rings. The third kappa shape index (κ3) is 1.33. The molecule has 2 aliphatic rings. The van der Waals surface area contributed by atoms with Gasteiger partial charge in [-0.2, -0.15) is 11.8 Å². The average Bonchev–Trinajstić information content (AvgIpc) is 2.64. The molecular weight excluding hydrogens is 168 g/mol. The molecule has 3 unspecified atom stereocenters. The highest BCUT2D eigenvalue weighted by molar-refractivity contribution is 7.99. The molecule has 0 N–H and O–H groups in total. The van der Waals surface area contributed by atoms with Crippen molar-refractivity contribution in [2.45, 2.75) is 12.8 Å². The van der Waals surface area contributed by atoms with Crippen molar-refractivity contribution < 1.29 is 4.79 Å². The number of carbonyl (C=O) groups excluding carboxylic acids is 1. The number of hydrogen-bond donors (Lipinski definition) is 0. The predicted octanol–water partition coefficient (Wildman–Crippen LogP) is 2.13. The van der Waals surface area contributed by atoms with Crippen LogP contribution in [0.15, 0.2) is 12.2 Å². The van der Waals surface area contributed by atoms with E-state index in [9.17, 15) is 4.79 Å². The monoisotopic (exact) mass is 182 g/mol. The van der Waals surface area contributed by atoms with Crippen molar-refractivity contribution in [1.29, 1.82) is 0 Å². The van der Waals surface area contributed by atoms with Gasteiger partial charge in [0.2, 0.25) is 0 Å². The molecule has 12 heavy (non-hydrogen) atoms. The van der Waals surface area contributed by atoms with E-state index in [-0.39, 0.29) is 0 Å². The Hall–Kier alpha value is -0.240. The van der Waals surface area contributed by atoms with Crippen molar-refractivity contribution in [3.63, 3.8) is 0 Å². The van der Waals surface area contributed by atoms with E-state index in [1.807, 2.05) is 6.26 Å². The number of hydrogen-bond acceptors (Lipinski definition) is 2. The summed E-state index contributed by atoms with van der Waals surface area (Å²) in [4.78, 5) is 11.6. The zero-order chi connectivity index (χ0) is 8.55. The molecule has 0 aromatic carbocycles. The molecule has 2 aliphatic carbocycles. The van der Waals surface area contributed by atoms with Gasteiger partial charge in [0.15, 0.2) is 0 Å². The molecule has 2 rings (SSSR count). The van der Waals surface area contributed by atoms with Crippen LogP contribution >= 0.6 is 11.8 Å². The Bertz CT molecular complexity index is 222. The minimum absolute atomic E-state index is 0.368. The third-order valence-corrected chi connectivity index (χ3v) is 3.55. The van der Waals surface area contributed by atoms with Gasteiger partial charge in [0.1, 0.15) is 5.78 Å². The summed E-state index contributed by atoms with van der Waals surface area (Å²) in [5.74, 6) is 2.87. The molecular formula is C10H14OS. The van der Waals surface area contributed by atoms with E-state index in [4.69, 9.17) is 0 Å². The van der Waals surface area contributed by atoms with E-state index in [1.54, 1.807) is 11.8 Å². The van der Waals surface area contributed by atoms with Crippen LogP contribution in [0, 0.1) is 17.8 Å². The molecule has 0 amide bonds. The third-order valence-electron chi connectivity index (χ3n) is 2.98. The molecule has 66 valence electrons. The van der Waals surface area contributed by atoms with Gasteiger partial charge >= 0.3 is 0 Å². The second kappa shape index (κ2) is 3.25. The molecule has 0 spiro atoms. The van der Waals surface area contributed by atoms with Crippen LogP contribution in [0.2, 0.25) is 0 Å². The lowest BCUT2D eigenvalue weighted by Gasteiger charge is -2.15. The first kappa shape index (κ1) is 8.36. The summed E-state index contributed by atoms with van der Waals surface area (Å²) in [6, 6.07) is 0. The zero-order valence-corrected chi connectivity index (χ0v) is 8.14. The number of fused-ring (bicyclic) bond motifs is 2. The van der Waals surface area contributed by atoms with Crippen LogP contribution in [-0.4, -0.2) is 17.8 Å². The Morgan fingerprint density at radius 2 is 2.33 bits per heavy atom. The maximum Gasteiger partial charge on any atom is 0.146 e. The molecule has 1 fully saturated rings. The first-order valence-electron chi connectivity index (χ1n) is 4.51. The molecule has 1 nitrogen and oxygen atoms in total. The number of carbonyl (C=O) groups is 1. The Morgan fingerprint density at radius 1 is 1.50 bits per heavy atom. The van der Waals surface area contributed by atoms with Crippen molar-refractivity contribution in [3.8, 4) is 0 Å². The van der Waals surface area contributed by atoms with Crippen LogP contribution in [0.4, 0.5) is 0 Å². The summed E-state index contributed by atoms with van der Waals surface area (Å²) in [5, 5.41) is 0. The second-order valence-electron chi connectivity index (χ2n) is 3.79. The van der Waals surface area contributed by atoms with Crippen LogP contribution in [0.5, 0.6) is 0 Å². The highest BCUT2D eigenvalue weighted by Gasteiger charge is 2.38. The fourth-order valence-corrected chi connectivity index (χ4v) is 2.90. The molecule has 0 heterocycles. The molecule has 2 bridgehead atoms. The van der Waals surface area contributed by atoms with E-state index in [1.165, 1.54) is 6.42 Å². The van der Waals surface area contributed by atoms with Crippen molar-refractivity contribution in [2.75, 3.05) is 12.0 Å². The second-order valence-corrected chi connectivity index (χ2v) is 4.65.